The summed E-state index contributed by atoms with van der Waals surface area (Å²) >= 11 is 4.04. The molecule has 0 fully saturated rings. The van der Waals surface area contributed by atoms with Gasteiger partial charge in [-0.25, -0.2) is 0 Å². The fraction of sp³-hybridized carbons (Fsp3) is 0.300. The Hall–Kier alpha value is 0.400. The van der Waals surface area contributed by atoms with Crippen LogP contribution in [0.25, 0.3) is 0 Å². The quantitative estimate of drug-likeness (QED) is 0.220. The van der Waals surface area contributed by atoms with E-state index >= 15 is 0 Å². The number of aryl methyl sites for hydroxylation is 1. The molecule has 1 rings (SSSR count). The fourth-order valence-corrected chi connectivity index (χ4v) is 1.81. The van der Waals surface area contributed by atoms with E-state index in [1.807, 2.05) is 6.92 Å². The number of benzene rings is 1. The van der Waals surface area contributed by atoms with Gasteiger partial charge in [0.15, 0.2) is 0 Å². The molecule has 0 saturated carbocycles. The molecule has 0 spiro atoms. The van der Waals surface area contributed by atoms with Gasteiger partial charge in [0.05, 0.1) is 12.0 Å². The van der Waals surface area contributed by atoms with Crippen LogP contribution in [0.1, 0.15) is 15.9 Å². The van der Waals surface area contributed by atoms with Gasteiger partial charge in [-0.15, -0.1) is 0 Å². The zero-order chi connectivity index (χ0) is 12.7. The van der Waals surface area contributed by atoms with Gasteiger partial charge in [0.2, 0.25) is 0 Å². The Labute approximate surface area is 140 Å². The zero-order valence-corrected chi connectivity index (χ0v) is 14.5. The molecular formula is C10H11BrNNaO4S. The number of halogens is 1. The summed E-state index contributed by atoms with van der Waals surface area (Å²) in [5.41, 5.74) is 1.40. The van der Waals surface area contributed by atoms with E-state index in [0.29, 0.717) is 17.4 Å². The molecule has 0 unspecified atom stereocenters. The molecular weight excluding hydrogens is 333 g/mol. The van der Waals surface area contributed by atoms with Crippen LogP contribution in [0.3, 0.4) is 0 Å². The Morgan fingerprint density at radius 1 is 1.56 bits per heavy atom. The van der Waals surface area contributed by atoms with Gasteiger partial charge in [-0.05, 0) is 30.7 Å². The molecule has 0 aliphatic rings. The summed E-state index contributed by atoms with van der Waals surface area (Å²) in [6, 6.07) is 5.08. The van der Waals surface area contributed by atoms with Crippen molar-refractivity contribution in [2.45, 2.75) is 11.8 Å². The molecule has 5 nitrogen and oxygen atoms in total. The Morgan fingerprint density at radius 3 is 2.83 bits per heavy atom. The molecule has 0 aromatic heterocycles. The number of amides is 1. The number of alkyl halides is 1. The number of nitrogens with one attached hydrogen (secondary N) is 1. The average Bonchev–Trinajstić information content (AvgIpc) is 2.34. The van der Waals surface area contributed by atoms with E-state index in [0.717, 1.165) is 22.5 Å². The number of carbonyl (C=O) groups excluding carboxylic acids is 1. The van der Waals surface area contributed by atoms with Crippen LogP contribution >= 0.6 is 28.0 Å². The molecule has 1 N–H and O–H groups in total. The first-order valence-corrected chi connectivity index (χ1v) is 6.63. The van der Waals surface area contributed by atoms with Crippen molar-refractivity contribution in [1.29, 1.82) is 0 Å². The van der Waals surface area contributed by atoms with Crippen LogP contribution < -0.4 is 40.1 Å². The topological polar surface area (TPSA) is 70.6 Å². The second kappa shape index (κ2) is 10.2. The first-order chi connectivity index (χ1) is 8.19. The molecule has 0 aliphatic heterocycles. The van der Waals surface area contributed by atoms with Crippen molar-refractivity contribution in [1.82, 2.24) is 5.32 Å². The van der Waals surface area contributed by atoms with Crippen molar-refractivity contribution in [3.05, 3.63) is 29.3 Å². The third-order valence-electron chi connectivity index (χ3n) is 1.97. The Morgan fingerprint density at radius 2 is 2.28 bits per heavy atom. The molecule has 1 aromatic carbocycles. The van der Waals surface area contributed by atoms with Crippen LogP contribution in [0.4, 0.5) is 0 Å². The van der Waals surface area contributed by atoms with Crippen LogP contribution in [-0.2, 0) is 9.37 Å². The van der Waals surface area contributed by atoms with Gasteiger partial charge in [0.1, 0.15) is 0 Å². The van der Waals surface area contributed by atoms with Crippen molar-refractivity contribution >= 4 is 33.9 Å². The average molecular weight is 344 g/mol. The normalized spacial score (nSPS) is 9.72. The van der Waals surface area contributed by atoms with Crippen molar-refractivity contribution in [2.75, 3.05) is 11.9 Å². The number of hydrogen-bond donors (Lipinski definition) is 1. The van der Waals surface area contributed by atoms with Gasteiger partial charge >= 0.3 is 29.6 Å². The maximum Gasteiger partial charge on any atom is 1.00 e. The minimum atomic E-state index is -0.134. The van der Waals surface area contributed by atoms with Gasteiger partial charge in [-0.1, -0.05) is 15.9 Å². The Bertz CT molecular complexity index is 394. The van der Waals surface area contributed by atoms with Gasteiger partial charge in [-0.2, -0.15) is 4.33 Å². The summed E-state index contributed by atoms with van der Waals surface area (Å²) in [5, 5.41) is 16.4. The minimum absolute atomic E-state index is 0. The SMILES string of the molecule is Cc1cc(C(=O)NCCBr)ccc1SOO[O-].[Na+]. The number of hydrogen-bond acceptors (Lipinski definition) is 5. The molecule has 1 amide bonds. The molecule has 18 heavy (non-hydrogen) atoms. The Balaban J connectivity index is 0.00000289. The second-order valence-corrected chi connectivity index (χ2v) is 4.68. The van der Waals surface area contributed by atoms with Crippen molar-refractivity contribution < 1.29 is 49.0 Å². The molecule has 1 aromatic rings. The zero-order valence-electron chi connectivity index (χ0n) is 10.1. The third-order valence-corrected chi connectivity index (χ3v) is 3.13. The fourth-order valence-electron chi connectivity index (χ4n) is 1.20. The monoisotopic (exact) mass is 343 g/mol. The Kier molecular flexibility index (Phi) is 10.4. The molecule has 8 heteroatoms. The number of carbonyl (C=O) groups is 1. The summed E-state index contributed by atoms with van der Waals surface area (Å²) in [4.78, 5) is 12.4. The van der Waals surface area contributed by atoms with Crippen molar-refractivity contribution in [3.8, 4) is 0 Å². The molecule has 0 bridgehead atoms. The van der Waals surface area contributed by atoms with Gasteiger partial charge in [0.25, 0.3) is 5.91 Å². The first kappa shape index (κ1) is 18.4. The summed E-state index contributed by atoms with van der Waals surface area (Å²) in [7, 11) is 0. The molecule has 0 saturated heterocycles. The second-order valence-electron chi connectivity index (χ2n) is 3.14. The van der Waals surface area contributed by atoms with E-state index in [2.05, 4.69) is 30.6 Å². The predicted octanol–water partition coefficient (Wildman–Crippen LogP) is -1.65. The summed E-state index contributed by atoms with van der Waals surface area (Å²) in [6.07, 6.45) is 0. The van der Waals surface area contributed by atoms with Crippen LogP contribution in [0, 0.1) is 6.92 Å². The first-order valence-electron chi connectivity index (χ1n) is 4.77. The minimum Gasteiger partial charge on any atom is -0.691 e. The van der Waals surface area contributed by atoms with Gasteiger partial charge in [0, 0.05) is 22.3 Å². The van der Waals surface area contributed by atoms with Crippen molar-refractivity contribution in [2.24, 2.45) is 0 Å². The van der Waals surface area contributed by atoms with Gasteiger partial charge in [-0.3, -0.25) is 9.83 Å². The summed E-state index contributed by atoms with van der Waals surface area (Å²) in [5.74, 6) is -0.134. The van der Waals surface area contributed by atoms with E-state index in [-0.39, 0.29) is 35.5 Å². The maximum absolute atomic E-state index is 11.6. The van der Waals surface area contributed by atoms with E-state index < -0.39 is 0 Å². The summed E-state index contributed by atoms with van der Waals surface area (Å²) in [6.45, 7) is 2.39. The molecule has 94 valence electrons. The van der Waals surface area contributed by atoms with Crippen LogP contribution in [0.2, 0.25) is 0 Å². The largest absolute Gasteiger partial charge is 1.00 e. The smallest absolute Gasteiger partial charge is 0.691 e. The van der Waals surface area contributed by atoms with E-state index in [1.54, 1.807) is 18.2 Å². The molecule has 0 atom stereocenters. The standard InChI is InChI=1S/C10H12BrNO4S.Na/c1-7-6-8(10(13)12-5-4-11)2-3-9(7)17-16-15-14;/h2-3,6,14H,4-5H2,1H3,(H,12,13);/q;+1/p-1. The summed E-state index contributed by atoms with van der Waals surface area (Å²) < 4.78 is 4.22. The van der Waals surface area contributed by atoms with Crippen LogP contribution in [0.5, 0.6) is 0 Å². The predicted molar refractivity (Wildman–Crippen MR) is 65.3 cm³/mol. The van der Waals surface area contributed by atoms with Crippen molar-refractivity contribution in [3.63, 3.8) is 0 Å². The van der Waals surface area contributed by atoms with Crippen LogP contribution in [0.15, 0.2) is 23.1 Å². The molecule has 0 heterocycles. The molecule has 0 radical (unpaired) electrons. The van der Waals surface area contributed by atoms with E-state index in [4.69, 9.17) is 0 Å². The van der Waals surface area contributed by atoms with E-state index in [9.17, 15) is 10.1 Å². The number of rotatable bonds is 6. The molecule has 0 aliphatic carbocycles. The van der Waals surface area contributed by atoms with E-state index in [1.165, 1.54) is 0 Å². The third kappa shape index (κ3) is 6.03. The van der Waals surface area contributed by atoms with Crippen LogP contribution in [-0.4, -0.2) is 17.8 Å². The van der Waals surface area contributed by atoms with Gasteiger partial charge < -0.3 is 10.6 Å². The maximum atomic E-state index is 11.6.